The van der Waals surface area contributed by atoms with Gasteiger partial charge in [-0.25, -0.2) is 9.78 Å². The van der Waals surface area contributed by atoms with Crippen molar-refractivity contribution in [2.24, 2.45) is 4.99 Å². The summed E-state index contributed by atoms with van der Waals surface area (Å²) < 4.78 is 20.2. The molecule has 0 aliphatic carbocycles. The molecule has 0 N–H and O–H groups in total. The topological polar surface area (TPSA) is 104 Å². The van der Waals surface area contributed by atoms with E-state index in [-0.39, 0.29) is 18.9 Å². The quantitative estimate of drug-likeness (QED) is 0.0589. The SMILES string of the molecule is CCOC(=O)c1nc(N(C)c2cc(C)c(N=c3sc4ccccc4n3COCC[Si](C)(C)C)nn2)sc1C#CCOc1ccccc1. The number of esters is 1. The number of hydrogen-bond acceptors (Lipinski definition) is 11. The molecular weight excluding hydrogens is 649 g/mol. The van der Waals surface area contributed by atoms with E-state index in [0.29, 0.717) is 34.1 Å². The number of thiazole rings is 2. The number of ether oxygens (including phenoxy) is 3. The van der Waals surface area contributed by atoms with Gasteiger partial charge in [-0.05, 0) is 61.7 Å². The standard InChI is InChI=1S/C34H38N6O4S2Si/c1-7-43-32(41)30-28(18-13-19-44-25-14-9-8-10-15-25)46-33(35-30)39(3)29-22-24(2)31(38-37-29)36-34-40(23-42-20-21-47(4,5)6)26-16-11-12-17-27(26)45-34/h8-12,14-17,22H,7,19-21,23H2,1-6H3. The zero-order valence-corrected chi connectivity index (χ0v) is 30.1. The van der Waals surface area contributed by atoms with Crippen LogP contribution in [0.4, 0.5) is 16.8 Å². The van der Waals surface area contributed by atoms with Crippen LogP contribution >= 0.6 is 22.7 Å². The summed E-state index contributed by atoms with van der Waals surface area (Å²) in [5.41, 5.74) is 2.06. The first kappa shape index (κ1) is 34.0. The van der Waals surface area contributed by atoms with Gasteiger partial charge in [-0.15, -0.1) is 10.2 Å². The van der Waals surface area contributed by atoms with Crippen molar-refractivity contribution in [3.63, 3.8) is 0 Å². The molecular formula is C34H38N6O4S2Si. The molecule has 0 amide bonds. The van der Waals surface area contributed by atoms with E-state index in [4.69, 9.17) is 19.2 Å². The van der Waals surface area contributed by atoms with Crippen molar-refractivity contribution in [3.8, 4) is 17.6 Å². The third-order valence-corrected chi connectivity index (χ3v) is 10.7. The second-order valence-corrected chi connectivity index (χ2v) is 19.4. The Balaban J connectivity index is 1.38. The van der Waals surface area contributed by atoms with Crippen LogP contribution in [-0.2, 0) is 16.2 Å². The third-order valence-electron chi connectivity index (χ3n) is 6.92. The predicted octanol–water partition coefficient (Wildman–Crippen LogP) is 7.18. The Morgan fingerprint density at radius 1 is 1.06 bits per heavy atom. The first-order valence-electron chi connectivity index (χ1n) is 15.3. The zero-order valence-electron chi connectivity index (χ0n) is 27.4. The predicted molar refractivity (Wildman–Crippen MR) is 191 cm³/mol. The molecule has 0 atom stereocenters. The van der Waals surface area contributed by atoms with Gasteiger partial charge in [0, 0.05) is 21.7 Å². The Morgan fingerprint density at radius 2 is 1.83 bits per heavy atom. The number of nitrogens with zero attached hydrogens (tertiary/aromatic N) is 6. The first-order valence-corrected chi connectivity index (χ1v) is 20.6. The lowest BCUT2D eigenvalue weighted by molar-refractivity contribution is 0.0520. The zero-order chi connectivity index (χ0) is 33.4. The van der Waals surface area contributed by atoms with Crippen molar-refractivity contribution in [1.82, 2.24) is 19.7 Å². The van der Waals surface area contributed by atoms with Gasteiger partial charge in [0.15, 0.2) is 27.3 Å². The highest BCUT2D eigenvalue weighted by atomic mass is 32.1. The molecule has 3 heterocycles. The number of hydrogen-bond donors (Lipinski definition) is 0. The normalized spacial score (nSPS) is 11.7. The van der Waals surface area contributed by atoms with E-state index in [1.807, 2.05) is 62.5 Å². The molecule has 0 fully saturated rings. The van der Waals surface area contributed by atoms with Crippen LogP contribution in [0.15, 0.2) is 65.7 Å². The molecule has 10 nitrogen and oxygen atoms in total. The highest BCUT2D eigenvalue weighted by Crippen LogP contribution is 2.31. The molecule has 13 heteroatoms. The number of aryl methyl sites for hydroxylation is 1. The molecule has 0 radical (unpaired) electrons. The van der Waals surface area contributed by atoms with Crippen LogP contribution in [0.1, 0.15) is 27.9 Å². The molecule has 0 aliphatic heterocycles. The van der Waals surface area contributed by atoms with E-state index in [0.717, 1.165) is 33.2 Å². The molecule has 244 valence electrons. The first-order chi connectivity index (χ1) is 22.6. The molecule has 5 aromatic rings. The molecule has 0 saturated heterocycles. The Labute approximate surface area is 283 Å². The molecule has 47 heavy (non-hydrogen) atoms. The van der Waals surface area contributed by atoms with Gasteiger partial charge < -0.3 is 19.1 Å². The molecule has 2 aromatic carbocycles. The van der Waals surface area contributed by atoms with Crippen LogP contribution in [0, 0.1) is 18.8 Å². The lowest BCUT2D eigenvalue weighted by Gasteiger charge is -2.16. The molecule has 0 spiro atoms. The van der Waals surface area contributed by atoms with Crippen LogP contribution in [-0.4, -0.2) is 60.7 Å². The molecule has 0 unspecified atom stereocenters. The van der Waals surface area contributed by atoms with Gasteiger partial charge in [0.25, 0.3) is 0 Å². The minimum atomic E-state index is -1.20. The van der Waals surface area contributed by atoms with Gasteiger partial charge in [0.05, 0.1) is 16.8 Å². The Hall–Kier alpha value is -4.35. The highest BCUT2D eigenvalue weighted by molar-refractivity contribution is 7.16. The fourth-order valence-corrected chi connectivity index (χ4v) is 6.99. The van der Waals surface area contributed by atoms with E-state index in [1.54, 1.807) is 23.2 Å². The third kappa shape index (κ3) is 8.92. The number of carbonyl (C=O) groups excluding carboxylic acids is 1. The van der Waals surface area contributed by atoms with Crippen molar-refractivity contribution in [2.75, 3.05) is 31.8 Å². The highest BCUT2D eigenvalue weighted by Gasteiger charge is 2.22. The summed E-state index contributed by atoms with van der Waals surface area (Å²) in [6, 6.07) is 20.6. The van der Waals surface area contributed by atoms with E-state index in [2.05, 4.69) is 63.4 Å². The lowest BCUT2D eigenvalue weighted by atomic mass is 10.3. The largest absolute Gasteiger partial charge is 0.481 e. The van der Waals surface area contributed by atoms with Gasteiger partial charge in [0.1, 0.15) is 24.0 Å². The smallest absolute Gasteiger partial charge is 0.359 e. The maximum atomic E-state index is 12.7. The average Bonchev–Trinajstić information content (AvgIpc) is 3.63. The van der Waals surface area contributed by atoms with E-state index < -0.39 is 14.0 Å². The minimum absolute atomic E-state index is 0.156. The Kier molecular flexibility index (Phi) is 11.2. The maximum absolute atomic E-state index is 12.7. The fraction of sp³-hybridized carbons (Fsp3) is 0.324. The fourth-order valence-electron chi connectivity index (χ4n) is 4.32. The number of para-hydroxylation sites is 2. The summed E-state index contributed by atoms with van der Waals surface area (Å²) in [5.74, 6) is 7.26. The summed E-state index contributed by atoms with van der Waals surface area (Å²) in [6.07, 6.45) is 0. The lowest BCUT2D eigenvalue weighted by Crippen LogP contribution is -2.23. The van der Waals surface area contributed by atoms with Gasteiger partial charge in [0.2, 0.25) is 0 Å². The van der Waals surface area contributed by atoms with Gasteiger partial charge in [-0.1, -0.05) is 78.6 Å². The monoisotopic (exact) mass is 686 g/mol. The van der Waals surface area contributed by atoms with Gasteiger partial charge in [-0.3, -0.25) is 4.57 Å². The number of aromatic nitrogens is 4. The Bertz CT molecular complexity index is 1970. The summed E-state index contributed by atoms with van der Waals surface area (Å²) in [4.78, 5) is 25.3. The molecule has 0 bridgehead atoms. The maximum Gasteiger partial charge on any atom is 0.359 e. The van der Waals surface area contributed by atoms with Gasteiger partial charge >= 0.3 is 5.97 Å². The number of fused-ring (bicyclic) bond motifs is 1. The summed E-state index contributed by atoms with van der Waals surface area (Å²) in [6.45, 7) is 12.3. The van der Waals surface area contributed by atoms with E-state index >= 15 is 0 Å². The van der Waals surface area contributed by atoms with E-state index in [1.165, 1.54) is 11.3 Å². The van der Waals surface area contributed by atoms with Crippen LogP contribution in [0.5, 0.6) is 5.75 Å². The molecule has 5 rings (SSSR count). The summed E-state index contributed by atoms with van der Waals surface area (Å²) in [5, 5.41) is 9.48. The van der Waals surface area contributed by atoms with Gasteiger partial charge in [-0.2, -0.15) is 4.99 Å². The van der Waals surface area contributed by atoms with Crippen molar-refractivity contribution >= 4 is 63.7 Å². The summed E-state index contributed by atoms with van der Waals surface area (Å²) >= 11 is 2.86. The van der Waals surface area contributed by atoms with Crippen LogP contribution < -0.4 is 14.4 Å². The number of rotatable bonds is 12. The Morgan fingerprint density at radius 3 is 2.57 bits per heavy atom. The van der Waals surface area contributed by atoms with Crippen molar-refractivity contribution < 1.29 is 19.0 Å². The summed E-state index contributed by atoms with van der Waals surface area (Å²) in [7, 11) is 0.620. The second-order valence-electron chi connectivity index (χ2n) is 11.8. The number of benzene rings is 2. The number of carbonyl (C=O) groups is 1. The van der Waals surface area contributed by atoms with Crippen molar-refractivity contribution in [1.29, 1.82) is 0 Å². The van der Waals surface area contributed by atoms with Crippen LogP contribution in [0.3, 0.4) is 0 Å². The van der Waals surface area contributed by atoms with Crippen molar-refractivity contribution in [2.45, 2.75) is 46.3 Å². The average molecular weight is 687 g/mol. The van der Waals surface area contributed by atoms with E-state index in [9.17, 15) is 4.79 Å². The minimum Gasteiger partial charge on any atom is -0.481 e. The van der Waals surface area contributed by atoms with Crippen LogP contribution in [0.2, 0.25) is 25.7 Å². The molecule has 3 aromatic heterocycles. The molecule has 0 saturated carbocycles. The van der Waals surface area contributed by atoms with Crippen LogP contribution in [0.25, 0.3) is 10.2 Å². The second kappa shape index (κ2) is 15.5. The van der Waals surface area contributed by atoms with Crippen molar-refractivity contribution in [3.05, 3.63) is 81.6 Å². The molecule has 0 aliphatic rings. The number of anilines is 2.